The standard InChI is InChI=1S/C36H52FN5O8/c1-21-18-26(30(37)29-28(21)32(45)42(33(29)46)25(31(38)44)8-9-27(43)49-35(2,3)4)40-16-14-39(15-17-40)22-19-24(20-22)48-23-10-12-41(13-11-23)34(47)50-36(5,6)7/h18,22-25H,8-17,19-20H2,1-7H3,(H2,38,44)/t22-,24-,25?. The summed E-state index contributed by atoms with van der Waals surface area (Å²) in [4.78, 5) is 70.8. The molecule has 5 rings (SSSR count). The Morgan fingerprint density at radius 3 is 2.02 bits per heavy atom. The Morgan fingerprint density at radius 2 is 1.46 bits per heavy atom. The van der Waals surface area contributed by atoms with Crippen LogP contribution in [0.4, 0.5) is 14.9 Å². The maximum atomic E-state index is 16.2. The third-order valence-electron chi connectivity index (χ3n) is 9.71. The first-order valence-corrected chi connectivity index (χ1v) is 17.7. The Bertz CT molecular complexity index is 1500. The molecule has 3 aliphatic heterocycles. The minimum absolute atomic E-state index is 0.0885. The quantitative estimate of drug-likeness (QED) is 0.298. The van der Waals surface area contributed by atoms with Crippen LogP contribution in [-0.2, 0) is 23.8 Å². The van der Waals surface area contributed by atoms with Crippen LogP contribution in [0.2, 0.25) is 0 Å². The number of rotatable bonds is 9. The Morgan fingerprint density at radius 1 is 0.880 bits per heavy atom. The Labute approximate surface area is 293 Å². The van der Waals surface area contributed by atoms with E-state index in [-0.39, 0.29) is 48.0 Å². The molecule has 50 heavy (non-hydrogen) atoms. The van der Waals surface area contributed by atoms with Crippen molar-refractivity contribution >= 4 is 35.5 Å². The molecule has 2 N–H and O–H groups in total. The number of benzene rings is 1. The summed E-state index contributed by atoms with van der Waals surface area (Å²) >= 11 is 0. The molecule has 13 nitrogen and oxygen atoms in total. The zero-order valence-corrected chi connectivity index (χ0v) is 30.4. The van der Waals surface area contributed by atoms with Crippen LogP contribution in [0.25, 0.3) is 0 Å². The number of hydrogen-bond acceptors (Lipinski definition) is 10. The van der Waals surface area contributed by atoms with Crippen molar-refractivity contribution < 1.29 is 42.6 Å². The van der Waals surface area contributed by atoms with Crippen LogP contribution < -0.4 is 10.6 Å². The fraction of sp³-hybridized carbons (Fsp3) is 0.694. The van der Waals surface area contributed by atoms with Crippen LogP contribution in [0, 0.1) is 12.7 Å². The Kier molecular flexibility index (Phi) is 10.8. The van der Waals surface area contributed by atoms with Gasteiger partial charge in [-0.15, -0.1) is 0 Å². The number of piperidine rings is 1. The van der Waals surface area contributed by atoms with Gasteiger partial charge in [0.25, 0.3) is 11.8 Å². The molecular formula is C36H52FN5O8. The number of primary amides is 1. The lowest BCUT2D eigenvalue weighted by Gasteiger charge is -2.47. The number of likely N-dealkylation sites (tertiary alicyclic amines) is 1. The predicted molar refractivity (Wildman–Crippen MR) is 182 cm³/mol. The van der Waals surface area contributed by atoms with E-state index in [9.17, 15) is 24.0 Å². The van der Waals surface area contributed by atoms with Crippen LogP contribution in [0.5, 0.6) is 0 Å². The number of piperazine rings is 1. The number of aryl methyl sites for hydroxylation is 1. The smallest absolute Gasteiger partial charge is 0.410 e. The van der Waals surface area contributed by atoms with Gasteiger partial charge in [0.05, 0.1) is 29.0 Å². The van der Waals surface area contributed by atoms with Gasteiger partial charge in [-0.25, -0.2) is 9.18 Å². The van der Waals surface area contributed by atoms with E-state index in [1.165, 1.54) is 0 Å². The molecule has 1 saturated carbocycles. The number of esters is 1. The zero-order valence-electron chi connectivity index (χ0n) is 30.4. The van der Waals surface area contributed by atoms with Crippen LogP contribution in [-0.4, -0.2) is 119 Å². The topological polar surface area (TPSA) is 152 Å². The average Bonchev–Trinajstić information content (AvgIpc) is 3.25. The average molecular weight is 702 g/mol. The van der Waals surface area contributed by atoms with Gasteiger partial charge in [-0.1, -0.05) is 0 Å². The molecule has 4 amide bonds. The molecular weight excluding hydrogens is 649 g/mol. The number of amides is 4. The van der Waals surface area contributed by atoms with Gasteiger partial charge in [-0.3, -0.25) is 29.0 Å². The minimum Gasteiger partial charge on any atom is -0.460 e. The van der Waals surface area contributed by atoms with Gasteiger partial charge >= 0.3 is 12.1 Å². The fourth-order valence-corrected chi connectivity index (χ4v) is 7.19. The molecule has 3 fully saturated rings. The number of carbonyl (C=O) groups excluding carboxylic acids is 5. The number of fused-ring (bicyclic) bond motifs is 1. The molecule has 1 atom stereocenters. The summed E-state index contributed by atoms with van der Waals surface area (Å²) in [5.74, 6) is -4.11. The van der Waals surface area contributed by atoms with Crippen molar-refractivity contribution in [1.29, 1.82) is 0 Å². The molecule has 1 unspecified atom stereocenters. The molecule has 3 heterocycles. The second-order valence-corrected chi connectivity index (χ2v) is 15.9. The number of halogens is 1. The molecule has 0 bridgehead atoms. The Hall–Kier alpha value is -3.78. The van der Waals surface area contributed by atoms with Crippen LogP contribution in [0.3, 0.4) is 0 Å². The number of hydrogen-bond donors (Lipinski definition) is 1. The lowest BCUT2D eigenvalue weighted by Crippen LogP contribution is -2.56. The third kappa shape index (κ3) is 8.39. The van der Waals surface area contributed by atoms with Gasteiger partial charge in [-0.05, 0) is 92.2 Å². The van der Waals surface area contributed by atoms with E-state index in [2.05, 4.69) is 4.90 Å². The Balaban J connectivity index is 1.13. The maximum absolute atomic E-state index is 16.2. The van der Waals surface area contributed by atoms with Crippen molar-refractivity contribution in [2.45, 2.75) is 122 Å². The molecule has 0 aromatic heterocycles. The van der Waals surface area contributed by atoms with Crippen molar-refractivity contribution in [2.75, 3.05) is 44.2 Å². The maximum Gasteiger partial charge on any atom is 0.410 e. The molecule has 1 aromatic carbocycles. The summed E-state index contributed by atoms with van der Waals surface area (Å²) in [5.41, 5.74) is 4.51. The number of nitrogens with zero attached hydrogens (tertiary/aromatic N) is 4. The minimum atomic E-state index is -1.43. The summed E-state index contributed by atoms with van der Waals surface area (Å²) < 4.78 is 33.3. The van der Waals surface area contributed by atoms with Gasteiger partial charge in [0.1, 0.15) is 17.2 Å². The number of nitrogens with two attached hydrogens (primary N) is 1. The highest BCUT2D eigenvalue weighted by molar-refractivity contribution is 6.24. The summed E-state index contributed by atoms with van der Waals surface area (Å²) in [7, 11) is 0. The van der Waals surface area contributed by atoms with Crippen LogP contribution in [0.15, 0.2) is 6.07 Å². The van der Waals surface area contributed by atoms with E-state index in [1.54, 1.807) is 38.7 Å². The highest BCUT2D eigenvalue weighted by Crippen LogP contribution is 2.37. The van der Waals surface area contributed by atoms with E-state index < -0.39 is 46.8 Å². The van der Waals surface area contributed by atoms with Crippen molar-refractivity contribution in [3.05, 3.63) is 28.6 Å². The summed E-state index contributed by atoms with van der Waals surface area (Å²) in [6.45, 7) is 16.0. The molecule has 0 spiro atoms. The van der Waals surface area contributed by atoms with Crippen LogP contribution in [0.1, 0.15) is 106 Å². The van der Waals surface area contributed by atoms with Crippen molar-refractivity contribution in [3.8, 4) is 0 Å². The van der Waals surface area contributed by atoms with Gasteiger partial charge in [0, 0.05) is 51.7 Å². The van der Waals surface area contributed by atoms with Gasteiger partial charge in [-0.2, -0.15) is 0 Å². The van der Waals surface area contributed by atoms with Crippen molar-refractivity contribution in [1.82, 2.24) is 14.7 Å². The molecule has 2 saturated heterocycles. The predicted octanol–water partition coefficient (Wildman–Crippen LogP) is 3.78. The van der Waals surface area contributed by atoms with Gasteiger partial charge < -0.3 is 29.7 Å². The monoisotopic (exact) mass is 701 g/mol. The first kappa shape index (κ1) is 37.5. The number of ether oxygens (including phenoxy) is 3. The molecule has 1 aliphatic carbocycles. The number of carbonyl (C=O) groups is 5. The van der Waals surface area contributed by atoms with E-state index in [0.29, 0.717) is 55.8 Å². The summed E-state index contributed by atoms with van der Waals surface area (Å²) in [5, 5.41) is 0. The lowest BCUT2D eigenvalue weighted by atomic mass is 9.87. The molecule has 0 radical (unpaired) electrons. The van der Waals surface area contributed by atoms with Crippen LogP contribution >= 0.6 is 0 Å². The third-order valence-corrected chi connectivity index (χ3v) is 9.71. The first-order valence-electron chi connectivity index (χ1n) is 17.7. The van der Waals surface area contributed by atoms with E-state index in [1.807, 2.05) is 25.7 Å². The second kappa shape index (κ2) is 14.5. The molecule has 1 aromatic rings. The number of imide groups is 1. The number of anilines is 1. The second-order valence-electron chi connectivity index (χ2n) is 15.9. The molecule has 276 valence electrons. The largest absolute Gasteiger partial charge is 0.460 e. The fourth-order valence-electron chi connectivity index (χ4n) is 7.19. The lowest BCUT2D eigenvalue weighted by molar-refractivity contribution is -0.155. The molecule has 14 heteroatoms. The van der Waals surface area contributed by atoms with Crippen molar-refractivity contribution in [3.63, 3.8) is 0 Å². The normalized spacial score (nSPS) is 22.7. The summed E-state index contributed by atoms with van der Waals surface area (Å²) in [6.07, 6.45) is 2.94. The molecule has 4 aliphatic rings. The summed E-state index contributed by atoms with van der Waals surface area (Å²) in [6, 6.07) is 0.524. The first-order chi connectivity index (χ1) is 23.3. The van der Waals surface area contributed by atoms with E-state index in [4.69, 9.17) is 19.9 Å². The highest BCUT2D eigenvalue weighted by atomic mass is 19.1. The van der Waals surface area contributed by atoms with E-state index >= 15 is 4.39 Å². The highest BCUT2D eigenvalue weighted by Gasteiger charge is 2.46. The van der Waals surface area contributed by atoms with Gasteiger partial charge in [0.2, 0.25) is 5.91 Å². The van der Waals surface area contributed by atoms with Gasteiger partial charge in [0.15, 0.2) is 5.82 Å². The van der Waals surface area contributed by atoms with Crippen molar-refractivity contribution in [2.24, 2.45) is 5.73 Å². The SMILES string of the molecule is Cc1cc(N2CCN([C@H]3C[C@H](OC4CCN(C(=O)OC(C)(C)C)CC4)C3)CC2)c(F)c2c1C(=O)N(C(CCC(=O)OC(C)(C)C)C(N)=O)C2=O. The van der Waals surface area contributed by atoms with E-state index in [0.717, 1.165) is 25.7 Å². The zero-order chi connectivity index (χ0) is 36.7.